The second kappa shape index (κ2) is 8.64. The highest BCUT2D eigenvalue weighted by Gasteiger charge is 2.22. The number of benzene rings is 1. The Hall–Kier alpha value is -2.93. The lowest BCUT2D eigenvalue weighted by molar-refractivity contribution is 0.0783. The van der Waals surface area contributed by atoms with E-state index in [9.17, 15) is 9.59 Å². The number of pyridine rings is 1. The molecule has 1 aliphatic heterocycles. The van der Waals surface area contributed by atoms with Crippen LogP contribution in [0.2, 0.25) is 0 Å². The molecule has 1 fully saturated rings. The lowest BCUT2D eigenvalue weighted by Crippen LogP contribution is -2.38. The van der Waals surface area contributed by atoms with Crippen LogP contribution in [0, 0.1) is 0 Å². The zero-order valence-corrected chi connectivity index (χ0v) is 15.6. The predicted octanol–water partition coefficient (Wildman–Crippen LogP) is 1.55. The van der Waals surface area contributed by atoms with E-state index in [1.807, 2.05) is 18.2 Å². The lowest BCUT2D eigenvalue weighted by atomic mass is 10.1. The van der Waals surface area contributed by atoms with Gasteiger partial charge in [0.25, 0.3) is 11.8 Å². The molecule has 142 valence electrons. The highest BCUT2D eigenvalue weighted by molar-refractivity contribution is 5.98. The first-order chi connectivity index (χ1) is 13.1. The highest BCUT2D eigenvalue weighted by atomic mass is 16.5. The first-order valence-corrected chi connectivity index (χ1v) is 8.94. The summed E-state index contributed by atoms with van der Waals surface area (Å²) in [4.78, 5) is 32.8. The van der Waals surface area contributed by atoms with Crippen molar-refractivity contribution in [2.24, 2.45) is 0 Å². The van der Waals surface area contributed by atoms with Gasteiger partial charge in [-0.05, 0) is 29.8 Å². The molecule has 0 saturated carbocycles. The molecule has 7 heteroatoms. The molecule has 2 heterocycles. The molecule has 2 aromatic rings. The van der Waals surface area contributed by atoms with E-state index in [2.05, 4.69) is 15.2 Å². The van der Waals surface area contributed by atoms with Gasteiger partial charge in [-0.3, -0.25) is 9.59 Å². The quantitative estimate of drug-likeness (QED) is 0.867. The third-order valence-corrected chi connectivity index (χ3v) is 4.54. The molecule has 3 rings (SSSR count). The average Bonchev–Trinajstić information content (AvgIpc) is 2.73. The molecule has 27 heavy (non-hydrogen) atoms. The van der Waals surface area contributed by atoms with Crippen molar-refractivity contribution in [3.05, 3.63) is 59.3 Å². The molecule has 1 aliphatic rings. The molecule has 0 spiro atoms. The van der Waals surface area contributed by atoms with Gasteiger partial charge in [0.1, 0.15) is 5.82 Å². The van der Waals surface area contributed by atoms with Crippen LogP contribution < -0.4 is 10.2 Å². The molecule has 0 atom stereocenters. The van der Waals surface area contributed by atoms with Gasteiger partial charge in [-0.15, -0.1) is 0 Å². The smallest absolute Gasteiger partial charge is 0.257 e. The van der Waals surface area contributed by atoms with Crippen LogP contribution in [0.1, 0.15) is 26.3 Å². The minimum Gasteiger partial charge on any atom is -0.378 e. The van der Waals surface area contributed by atoms with Crippen LogP contribution in [0.4, 0.5) is 5.82 Å². The molecular weight excluding hydrogens is 344 g/mol. The Morgan fingerprint density at radius 1 is 1.19 bits per heavy atom. The van der Waals surface area contributed by atoms with Crippen LogP contribution in [-0.2, 0) is 11.3 Å². The van der Waals surface area contributed by atoms with Crippen molar-refractivity contribution in [3.8, 4) is 0 Å². The van der Waals surface area contributed by atoms with Crippen LogP contribution in [0.25, 0.3) is 0 Å². The summed E-state index contributed by atoms with van der Waals surface area (Å²) >= 11 is 0. The Morgan fingerprint density at radius 3 is 2.56 bits per heavy atom. The van der Waals surface area contributed by atoms with Crippen LogP contribution in [-0.4, -0.2) is 62.1 Å². The SMILES string of the molecule is CNC(=O)c1ccc(CN(C)C(=O)c2cccnc2N2CCOCC2)cc1. The zero-order chi connectivity index (χ0) is 19.2. The molecule has 2 amide bonds. The molecule has 1 saturated heterocycles. The first kappa shape index (κ1) is 18.8. The van der Waals surface area contributed by atoms with Crippen molar-refractivity contribution < 1.29 is 14.3 Å². The van der Waals surface area contributed by atoms with E-state index in [1.54, 1.807) is 43.4 Å². The first-order valence-electron chi connectivity index (χ1n) is 8.94. The van der Waals surface area contributed by atoms with Crippen LogP contribution in [0.15, 0.2) is 42.6 Å². The fraction of sp³-hybridized carbons (Fsp3) is 0.350. The molecule has 0 aliphatic carbocycles. The maximum Gasteiger partial charge on any atom is 0.257 e. The van der Waals surface area contributed by atoms with E-state index < -0.39 is 0 Å². The predicted molar refractivity (Wildman–Crippen MR) is 103 cm³/mol. The maximum atomic E-state index is 13.0. The van der Waals surface area contributed by atoms with Crippen molar-refractivity contribution in [2.75, 3.05) is 45.3 Å². The summed E-state index contributed by atoms with van der Waals surface area (Å²) in [6.07, 6.45) is 1.71. The standard InChI is InChI=1S/C20H24N4O3/c1-21-19(25)16-7-5-15(6-8-16)14-23(2)20(26)17-4-3-9-22-18(17)24-10-12-27-13-11-24/h3-9H,10-14H2,1-2H3,(H,21,25). The van der Waals surface area contributed by atoms with Gasteiger partial charge < -0.3 is 19.9 Å². The third-order valence-electron chi connectivity index (χ3n) is 4.54. The fourth-order valence-corrected chi connectivity index (χ4v) is 3.05. The number of hydrogen-bond acceptors (Lipinski definition) is 5. The van der Waals surface area contributed by atoms with Crippen LogP contribution in [0.5, 0.6) is 0 Å². The maximum absolute atomic E-state index is 13.0. The van der Waals surface area contributed by atoms with Crippen LogP contribution >= 0.6 is 0 Å². The summed E-state index contributed by atoms with van der Waals surface area (Å²) in [6, 6.07) is 10.8. The van der Waals surface area contributed by atoms with E-state index in [4.69, 9.17) is 4.74 Å². The number of anilines is 1. The molecule has 1 aromatic heterocycles. The average molecular weight is 368 g/mol. The van der Waals surface area contributed by atoms with Crippen molar-refractivity contribution in [3.63, 3.8) is 0 Å². The van der Waals surface area contributed by atoms with E-state index >= 15 is 0 Å². The van der Waals surface area contributed by atoms with Crippen LogP contribution in [0.3, 0.4) is 0 Å². The monoisotopic (exact) mass is 368 g/mol. The third kappa shape index (κ3) is 4.43. The van der Waals surface area contributed by atoms with Crippen molar-refractivity contribution in [2.45, 2.75) is 6.54 Å². The zero-order valence-electron chi connectivity index (χ0n) is 15.6. The number of amides is 2. The largest absolute Gasteiger partial charge is 0.378 e. The van der Waals surface area contributed by atoms with E-state index in [1.165, 1.54) is 0 Å². The molecule has 0 bridgehead atoms. The summed E-state index contributed by atoms with van der Waals surface area (Å²) in [5.74, 6) is 0.490. The number of morpholine rings is 1. The normalized spacial score (nSPS) is 13.9. The number of carbonyl (C=O) groups excluding carboxylic acids is 2. The topological polar surface area (TPSA) is 74.8 Å². The van der Waals surface area contributed by atoms with Gasteiger partial charge in [-0.2, -0.15) is 0 Å². The van der Waals surface area contributed by atoms with Gasteiger partial charge in [0, 0.05) is 45.5 Å². The number of hydrogen-bond donors (Lipinski definition) is 1. The summed E-state index contributed by atoms with van der Waals surface area (Å²) in [5.41, 5.74) is 2.14. The van der Waals surface area contributed by atoms with Crippen molar-refractivity contribution >= 4 is 17.6 Å². The Balaban J connectivity index is 1.73. The summed E-state index contributed by atoms with van der Waals surface area (Å²) in [6.45, 7) is 3.17. The number of nitrogens with zero attached hydrogens (tertiary/aromatic N) is 3. The van der Waals surface area contributed by atoms with Gasteiger partial charge >= 0.3 is 0 Å². The van der Waals surface area contributed by atoms with E-state index in [-0.39, 0.29) is 11.8 Å². The molecule has 1 aromatic carbocycles. The second-order valence-corrected chi connectivity index (χ2v) is 6.41. The second-order valence-electron chi connectivity index (χ2n) is 6.41. The Kier molecular flexibility index (Phi) is 6.03. The number of aromatic nitrogens is 1. The fourth-order valence-electron chi connectivity index (χ4n) is 3.05. The van der Waals surface area contributed by atoms with Gasteiger partial charge in [-0.25, -0.2) is 4.98 Å². The number of carbonyl (C=O) groups is 2. The summed E-state index contributed by atoms with van der Waals surface area (Å²) in [7, 11) is 3.37. The Bertz CT molecular complexity index is 801. The highest BCUT2D eigenvalue weighted by Crippen LogP contribution is 2.20. The molecule has 0 unspecified atom stereocenters. The minimum absolute atomic E-state index is 0.0834. The van der Waals surface area contributed by atoms with Crippen molar-refractivity contribution in [1.82, 2.24) is 15.2 Å². The van der Waals surface area contributed by atoms with Gasteiger partial charge in [0.15, 0.2) is 0 Å². The Labute approximate surface area is 158 Å². The number of nitrogens with one attached hydrogen (secondary N) is 1. The molecular formula is C20H24N4O3. The number of rotatable bonds is 5. The van der Waals surface area contributed by atoms with E-state index in [0.29, 0.717) is 36.7 Å². The van der Waals surface area contributed by atoms with Crippen molar-refractivity contribution in [1.29, 1.82) is 0 Å². The molecule has 1 N–H and O–H groups in total. The van der Waals surface area contributed by atoms with Gasteiger partial charge in [0.2, 0.25) is 0 Å². The van der Waals surface area contributed by atoms with E-state index in [0.717, 1.165) is 18.7 Å². The van der Waals surface area contributed by atoms with Gasteiger partial charge in [-0.1, -0.05) is 12.1 Å². The molecule has 0 radical (unpaired) electrons. The summed E-state index contributed by atoms with van der Waals surface area (Å²) in [5, 5.41) is 2.59. The minimum atomic E-state index is -0.128. The number of ether oxygens (including phenoxy) is 1. The Morgan fingerprint density at radius 2 is 1.89 bits per heavy atom. The van der Waals surface area contributed by atoms with Gasteiger partial charge in [0.05, 0.1) is 18.8 Å². The summed E-state index contributed by atoms with van der Waals surface area (Å²) < 4.78 is 5.39. The lowest BCUT2D eigenvalue weighted by Gasteiger charge is -2.30. The molecule has 7 nitrogen and oxygen atoms in total.